The van der Waals surface area contributed by atoms with E-state index in [-0.39, 0.29) is 0 Å². The second kappa shape index (κ2) is 6.21. The van der Waals surface area contributed by atoms with Gasteiger partial charge in [-0.1, -0.05) is 12.1 Å². The Kier molecular flexibility index (Phi) is 4.61. The Bertz CT molecular complexity index is 392. The second-order valence-corrected chi connectivity index (χ2v) is 5.26. The van der Waals surface area contributed by atoms with Gasteiger partial charge in [0.05, 0.1) is 0 Å². The van der Waals surface area contributed by atoms with Crippen LogP contribution < -0.4 is 4.74 Å². The molecule has 1 unspecified atom stereocenters. The fourth-order valence-corrected chi connectivity index (χ4v) is 2.41. The number of benzene rings is 1. The lowest BCUT2D eigenvalue weighted by Gasteiger charge is -2.16. The largest absolute Gasteiger partial charge is 0.492 e. The monoisotopic (exact) mass is 249 g/mol. The quantitative estimate of drug-likeness (QED) is 0.866. The van der Waals surface area contributed by atoms with E-state index in [2.05, 4.69) is 36.9 Å². The van der Waals surface area contributed by atoms with Crippen molar-refractivity contribution >= 4 is 0 Å². The van der Waals surface area contributed by atoms with Crippen LogP contribution in [0.3, 0.4) is 0 Å². The SMILES string of the molecule is Cc1ccc(C)c(OCCN2CCC(CO)C2)c1. The third-order valence-corrected chi connectivity index (χ3v) is 3.64. The topological polar surface area (TPSA) is 32.7 Å². The van der Waals surface area contributed by atoms with E-state index in [0.717, 1.165) is 38.4 Å². The van der Waals surface area contributed by atoms with Crippen molar-refractivity contribution in [3.8, 4) is 5.75 Å². The minimum atomic E-state index is 0.314. The van der Waals surface area contributed by atoms with E-state index in [1.807, 2.05) is 0 Å². The molecule has 1 fully saturated rings. The third kappa shape index (κ3) is 3.47. The van der Waals surface area contributed by atoms with Crippen molar-refractivity contribution in [1.82, 2.24) is 4.90 Å². The van der Waals surface area contributed by atoms with Gasteiger partial charge in [0.15, 0.2) is 0 Å². The molecular formula is C15H23NO2. The van der Waals surface area contributed by atoms with Crippen molar-refractivity contribution in [1.29, 1.82) is 0 Å². The van der Waals surface area contributed by atoms with Crippen LogP contribution in [0.5, 0.6) is 5.75 Å². The lowest BCUT2D eigenvalue weighted by molar-refractivity contribution is 0.204. The van der Waals surface area contributed by atoms with Gasteiger partial charge in [0.25, 0.3) is 0 Å². The number of aliphatic hydroxyl groups excluding tert-OH is 1. The number of rotatable bonds is 5. The molecule has 0 spiro atoms. The average Bonchev–Trinajstić information content (AvgIpc) is 2.81. The predicted molar refractivity (Wildman–Crippen MR) is 73.0 cm³/mol. The Hall–Kier alpha value is -1.06. The van der Waals surface area contributed by atoms with Crippen LogP contribution in [0.4, 0.5) is 0 Å². The highest BCUT2D eigenvalue weighted by Crippen LogP contribution is 2.19. The molecule has 0 amide bonds. The van der Waals surface area contributed by atoms with E-state index >= 15 is 0 Å². The minimum Gasteiger partial charge on any atom is -0.492 e. The summed E-state index contributed by atoms with van der Waals surface area (Å²) in [6.07, 6.45) is 1.11. The Balaban J connectivity index is 1.77. The molecule has 0 aromatic heterocycles. The fourth-order valence-electron chi connectivity index (χ4n) is 2.41. The molecule has 1 N–H and O–H groups in total. The summed E-state index contributed by atoms with van der Waals surface area (Å²) in [5.41, 5.74) is 2.42. The zero-order valence-electron chi connectivity index (χ0n) is 11.4. The Morgan fingerprint density at radius 3 is 2.94 bits per heavy atom. The number of aliphatic hydroxyl groups is 1. The number of aryl methyl sites for hydroxylation is 2. The van der Waals surface area contributed by atoms with Gasteiger partial charge in [-0.15, -0.1) is 0 Å². The van der Waals surface area contributed by atoms with Gasteiger partial charge in [0.2, 0.25) is 0 Å². The number of nitrogens with zero attached hydrogens (tertiary/aromatic N) is 1. The molecule has 1 aliphatic heterocycles. The first-order chi connectivity index (χ1) is 8.69. The number of ether oxygens (including phenoxy) is 1. The summed E-state index contributed by atoms with van der Waals surface area (Å²) in [4.78, 5) is 2.37. The van der Waals surface area contributed by atoms with Crippen LogP contribution in [0.1, 0.15) is 17.5 Å². The van der Waals surface area contributed by atoms with Gasteiger partial charge in [-0.3, -0.25) is 4.90 Å². The van der Waals surface area contributed by atoms with Gasteiger partial charge >= 0.3 is 0 Å². The van der Waals surface area contributed by atoms with Gasteiger partial charge in [0.1, 0.15) is 12.4 Å². The van der Waals surface area contributed by atoms with Crippen LogP contribution in [-0.2, 0) is 0 Å². The third-order valence-electron chi connectivity index (χ3n) is 3.64. The first kappa shape index (κ1) is 13.4. The summed E-state index contributed by atoms with van der Waals surface area (Å²) < 4.78 is 5.84. The number of hydrogen-bond acceptors (Lipinski definition) is 3. The molecular weight excluding hydrogens is 226 g/mol. The normalized spacial score (nSPS) is 20.3. The van der Waals surface area contributed by atoms with E-state index in [1.165, 1.54) is 11.1 Å². The van der Waals surface area contributed by atoms with Crippen molar-refractivity contribution < 1.29 is 9.84 Å². The van der Waals surface area contributed by atoms with Crippen LogP contribution in [-0.4, -0.2) is 42.9 Å². The Morgan fingerprint density at radius 1 is 1.39 bits per heavy atom. The molecule has 3 nitrogen and oxygen atoms in total. The molecule has 1 aromatic carbocycles. The smallest absolute Gasteiger partial charge is 0.122 e. The van der Waals surface area contributed by atoms with Gasteiger partial charge in [-0.25, -0.2) is 0 Å². The summed E-state index contributed by atoms with van der Waals surface area (Å²) >= 11 is 0. The number of likely N-dealkylation sites (tertiary alicyclic amines) is 1. The van der Waals surface area contributed by atoms with E-state index in [0.29, 0.717) is 12.5 Å². The van der Waals surface area contributed by atoms with Crippen LogP contribution in [0.2, 0.25) is 0 Å². The second-order valence-electron chi connectivity index (χ2n) is 5.26. The summed E-state index contributed by atoms with van der Waals surface area (Å²) in [6, 6.07) is 6.30. The molecule has 2 rings (SSSR count). The van der Waals surface area contributed by atoms with E-state index in [4.69, 9.17) is 9.84 Å². The van der Waals surface area contributed by atoms with Crippen LogP contribution in [0, 0.1) is 19.8 Å². The molecule has 3 heteroatoms. The Morgan fingerprint density at radius 2 is 2.22 bits per heavy atom. The zero-order valence-corrected chi connectivity index (χ0v) is 11.4. The molecule has 0 aliphatic carbocycles. The lowest BCUT2D eigenvalue weighted by Crippen LogP contribution is -2.26. The summed E-state index contributed by atoms with van der Waals surface area (Å²) in [5.74, 6) is 1.46. The molecule has 0 radical (unpaired) electrons. The first-order valence-corrected chi connectivity index (χ1v) is 6.72. The van der Waals surface area contributed by atoms with Crippen molar-refractivity contribution in [2.45, 2.75) is 20.3 Å². The molecule has 100 valence electrons. The highest BCUT2D eigenvalue weighted by Gasteiger charge is 2.21. The van der Waals surface area contributed by atoms with Crippen LogP contribution >= 0.6 is 0 Å². The highest BCUT2D eigenvalue weighted by molar-refractivity contribution is 5.35. The van der Waals surface area contributed by atoms with Gasteiger partial charge in [-0.05, 0) is 49.9 Å². The van der Waals surface area contributed by atoms with Gasteiger partial charge in [-0.2, -0.15) is 0 Å². The van der Waals surface area contributed by atoms with Gasteiger partial charge in [0, 0.05) is 19.7 Å². The van der Waals surface area contributed by atoms with Crippen LogP contribution in [0.15, 0.2) is 18.2 Å². The molecule has 1 heterocycles. The highest BCUT2D eigenvalue weighted by atomic mass is 16.5. The van der Waals surface area contributed by atoms with Crippen molar-refractivity contribution in [3.63, 3.8) is 0 Å². The minimum absolute atomic E-state index is 0.314. The standard InChI is InChI=1S/C15H23NO2/c1-12-3-4-13(2)15(9-12)18-8-7-16-6-5-14(10-16)11-17/h3-4,9,14,17H,5-8,10-11H2,1-2H3. The summed E-state index contributed by atoms with van der Waals surface area (Å²) in [7, 11) is 0. The maximum atomic E-state index is 9.10. The lowest BCUT2D eigenvalue weighted by atomic mass is 10.1. The molecule has 1 saturated heterocycles. The van der Waals surface area contributed by atoms with Gasteiger partial charge < -0.3 is 9.84 Å². The summed E-state index contributed by atoms with van der Waals surface area (Å²) in [6.45, 7) is 8.24. The maximum absolute atomic E-state index is 9.10. The van der Waals surface area contributed by atoms with Crippen molar-refractivity contribution in [3.05, 3.63) is 29.3 Å². The molecule has 1 aliphatic rings. The average molecular weight is 249 g/mol. The fraction of sp³-hybridized carbons (Fsp3) is 0.600. The van der Waals surface area contributed by atoms with E-state index in [9.17, 15) is 0 Å². The van der Waals surface area contributed by atoms with Crippen molar-refractivity contribution in [2.24, 2.45) is 5.92 Å². The van der Waals surface area contributed by atoms with Crippen molar-refractivity contribution in [2.75, 3.05) is 32.8 Å². The predicted octanol–water partition coefficient (Wildman–Crippen LogP) is 2.00. The van der Waals surface area contributed by atoms with E-state index in [1.54, 1.807) is 0 Å². The molecule has 18 heavy (non-hydrogen) atoms. The molecule has 0 bridgehead atoms. The molecule has 1 aromatic rings. The maximum Gasteiger partial charge on any atom is 0.122 e. The zero-order chi connectivity index (χ0) is 13.0. The van der Waals surface area contributed by atoms with Crippen LogP contribution in [0.25, 0.3) is 0 Å². The first-order valence-electron chi connectivity index (χ1n) is 6.72. The summed E-state index contributed by atoms with van der Waals surface area (Å²) in [5, 5.41) is 9.10. The van der Waals surface area contributed by atoms with E-state index < -0.39 is 0 Å². The molecule has 0 saturated carbocycles. The Labute approximate surface area is 109 Å². The number of hydrogen-bond donors (Lipinski definition) is 1. The molecule has 1 atom stereocenters.